The van der Waals surface area contributed by atoms with E-state index in [1.807, 2.05) is 0 Å². The van der Waals surface area contributed by atoms with Gasteiger partial charge in [0.05, 0.1) is 0 Å². The van der Waals surface area contributed by atoms with Crippen molar-refractivity contribution in [1.29, 1.82) is 0 Å². The highest BCUT2D eigenvalue weighted by Crippen LogP contribution is 2.11. The average molecular weight is 396 g/mol. The summed E-state index contributed by atoms with van der Waals surface area (Å²) in [6.45, 7) is 9.03. The van der Waals surface area contributed by atoms with Gasteiger partial charge in [-0.3, -0.25) is 9.80 Å². The fourth-order valence-corrected chi connectivity index (χ4v) is 3.18. The first-order chi connectivity index (χ1) is 13.9. The Balaban J connectivity index is 0.000000438. The van der Waals surface area contributed by atoms with E-state index in [1.54, 1.807) is 0 Å². The Morgan fingerprint density at radius 1 is 0.828 bits per heavy atom. The molecular formula is C23H28N2O4. The zero-order valence-electron chi connectivity index (χ0n) is 16.7. The molecule has 1 saturated heterocycles. The minimum atomic E-state index is -1.82. The summed E-state index contributed by atoms with van der Waals surface area (Å²) >= 11 is 0. The Hall–Kier alpha value is -2.96. The van der Waals surface area contributed by atoms with Crippen LogP contribution >= 0.6 is 0 Å². The first-order valence-corrected chi connectivity index (χ1v) is 9.61. The van der Waals surface area contributed by atoms with Crippen molar-refractivity contribution in [2.24, 2.45) is 0 Å². The molecule has 0 spiro atoms. The van der Waals surface area contributed by atoms with E-state index in [4.69, 9.17) is 19.8 Å². The van der Waals surface area contributed by atoms with Gasteiger partial charge in [-0.25, -0.2) is 9.59 Å². The van der Waals surface area contributed by atoms with Crippen molar-refractivity contribution in [3.63, 3.8) is 0 Å². The summed E-state index contributed by atoms with van der Waals surface area (Å²) in [6.07, 6.45) is 2.30. The molecule has 1 aliphatic rings. The summed E-state index contributed by atoms with van der Waals surface area (Å²) < 4.78 is 0. The van der Waals surface area contributed by atoms with Gasteiger partial charge in [0, 0.05) is 39.3 Å². The molecule has 0 bridgehead atoms. The molecule has 0 radical (unpaired) electrons. The fourth-order valence-electron chi connectivity index (χ4n) is 3.18. The lowest BCUT2D eigenvalue weighted by Gasteiger charge is -2.34. The predicted octanol–water partition coefficient (Wildman–Crippen LogP) is 3.06. The predicted molar refractivity (Wildman–Crippen MR) is 114 cm³/mol. The van der Waals surface area contributed by atoms with Gasteiger partial charge < -0.3 is 10.2 Å². The first kappa shape index (κ1) is 22.3. The largest absolute Gasteiger partial charge is 0.473 e. The van der Waals surface area contributed by atoms with E-state index >= 15 is 0 Å². The van der Waals surface area contributed by atoms with Gasteiger partial charge in [0.1, 0.15) is 0 Å². The van der Waals surface area contributed by atoms with Gasteiger partial charge in [0.15, 0.2) is 0 Å². The fraction of sp³-hybridized carbons (Fsp3) is 0.304. The number of rotatable bonds is 5. The van der Waals surface area contributed by atoms with Crippen LogP contribution in [0.1, 0.15) is 18.1 Å². The molecule has 2 N–H and O–H groups in total. The molecule has 0 aromatic heterocycles. The lowest BCUT2D eigenvalue weighted by Crippen LogP contribution is -2.46. The number of nitrogens with zero attached hydrogens (tertiary/aromatic N) is 2. The summed E-state index contributed by atoms with van der Waals surface area (Å²) in [5.41, 5.74) is 4.15. The third-order valence-electron chi connectivity index (χ3n) is 4.58. The van der Waals surface area contributed by atoms with Gasteiger partial charge in [0.25, 0.3) is 0 Å². The number of piperazine rings is 1. The van der Waals surface area contributed by atoms with Crippen molar-refractivity contribution in [2.45, 2.75) is 13.5 Å². The van der Waals surface area contributed by atoms with Gasteiger partial charge in [-0.2, -0.15) is 0 Å². The van der Waals surface area contributed by atoms with Crippen LogP contribution in [-0.2, 0) is 16.1 Å². The molecule has 2 aromatic rings. The van der Waals surface area contributed by atoms with Crippen molar-refractivity contribution in [2.75, 3.05) is 32.7 Å². The average Bonchev–Trinajstić information content (AvgIpc) is 2.71. The molecule has 2 aromatic carbocycles. The zero-order valence-corrected chi connectivity index (χ0v) is 16.7. The second-order valence-corrected chi connectivity index (χ2v) is 7.05. The van der Waals surface area contributed by atoms with E-state index in [0.29, 0.717) is 0 Å². The Bertz CT molecular complexity index is 786. The van der Waals surface area contributed by atoms with Crippen molar-refractivity contribution in [1.82, 2.24) is 9.80 Å². The highest BCUT2D eigenvalue weighted by atomic mass is 16.4. The maximum absolute atomic E-state index is 9.10. The standard InChI is InChI=1S/C21H26N2.C2H2O4/c1-19(16-20-8-4-2-5-9-20)17-22-12-14-23(15-13-22)18-21-10-6-3-7-11-21;3-1(4)2(5)6/h2-11,16H,12-15,17-18H2,1H3;(H,3,4)(H,5,6). The van der Waals surface area contributed by atoms with Gasteiger partial charge in [-0.1, -0.05) is 72.3 Å². The van der Waals surface area contributed by atoms with E-state index in [2.05, 4.69) is 83.5 Å². The van der Waals surface area contributed by atoms with Crippen molar-refractivity contribution in [3.8, 4) is 0 Å². The highest BCUT2D eigenvalue weighted by molar-refractivity contribution is 6.27. The molecule has 6 heteroatoms. The summed E-state index contributed by atoms with van der Waals surface area (Å²) in [5.74, 6) is -3.65. The summed E-state index contributed by atoms with van der Waals surface area (Å²) in [7, 11) is 0. The molecule has 0 atom stereocenters. The molecule has 0 unspecified atom stereocenters. The molecular weight excluding hydrogens is 368 g/mol. The second kappa shape index (κ2) is 11.8. The number of benzene rings is 2. The second-order valence-electron chi connectivity index (χ2n) is 7.05. The van der Waals surface area contributed by atoms with Crippen LogP contribution in [0.25, 0.3) is 6.08 Å². The van der Waals surface area contributed by atoms with Crippen LogP contribution in [0.5, 0.6) is 0 Å². The topological polar surface area (TPSA) is 81.1 Å². The van der Waals surface area contributed by atoms with E-state index in [-0.39, 0.29) is 0 Å². The summed E-state index contributed by atoms with van der Waals surface area (Å²) in [4.78, 5) is 23.3. The van der Waals surface area contributed by atoms with E-state index in [9.17, 15) is 0 Å². The van der Waals surface area contributed by atoms with Gasteiger partial charge in [0.2, 0.25) is 0 Å². The third-order valence-corrected chi connectivity index (χ3v) is 4.58. The molecule has 1 heterocycles. The van der Waals surface area contributed by atoms with Crippen LogP contribution in [0, 0.1) is 0 Å². The van der Waals surface area contributed by atoms with Crippen molar-refractivity contribution in [3.05, 3.63) is 77.4 Å². The number of aliphatic carboxylic acids is 2. The minimum absolute atomic E-state index is 1.08. The minimum Gasteiger partial charge on any atom is -0.473 e. The first-order valence-electron chi connectivity index (χ1n) is 9.61. The molecule has 1 aliphatic heterocycles. The number of hydrogen-bond acceptors (Lipinski definition) is 4. The van der Waals surface area contributed by atoms with Gasteiger partial charge in [-0.15, -0.1) is 0 Å². The smallest absolute Gasteiger partial charge is 0.414 e. The Kier molecular flexibility index (Phi) is 9.08. The Morgan fingerprint density at radius 2 is 1.31 bits per heavy atom. The van der Waals surface area contributed by atoms with Gasteiger partial charge >= 0.3 is 11.9 Å². The quantitative estimate of drug-likeness (QED) is 0.756. The lowest BCUT2D eigenvalue weighted by atomic mass is 10.1. The van der Waals surface area contributed by atoms with Crippen LogP contribution < -0.4 is 0 Å². The van der Waals surface area contributed by atoms with Crippen LogP contribution in [0.15, 0.2) is 66.2 Å². The van der Waals surface area contributed by atoms with Crippen LogP contribution in [0.2, 0.25) is 0 Å². The Morgan fingerprint density at radius 3 is 1.83 bits per heavy atom. The molecule has 29 heavy (non-hydrogen) atoms. The van der Waals surface area contributed by atoms with E-state index < -0.39 is 11.9 Å². The summed E-state index contributed by atoms with van der Waals surface area (Å²) in [5, 5.41) is 14.8. The number of hydrogen-bond donors (Lipinski definition) is 2. The monoisotopic (exact) mass is 396 g/mol. The zero-order chi connectivity index (χ0) is 21.1. The molecule has 3 rings (SSSR count). The van der Waals surface area contributed by atoms with Gasteiger partial charge in [-0.05, 0) is 18.1 Å². The lowest BCUT2D eigenvalue weighted by molar-refractivity contribution is -0.159. The Labute approximate surface area is 171 Å². The highest BCUT2D eigenvalue weighted by Gasteiger charge is 2.16. The molecule has 6 nitrogen and oxygen atoms in total. The normalized spacial score (nSPS) is 15.3. The van der Waals surface area contributed by atoms with Crippen LogP contribution in [-0.4, -0.2) is 64.7 Å². The van der Waals surface area contributed by atoms with E-state index in [0.717, 1.165) is 39.3 Å². The molecule has 0 saturated carbocycles. The summed E-state index contributed by atoms with van der Waals surface area (Å²) in [6, 6.07) is 21.4. The van der Waals surface area contributed by atoms with Crippen LogP contribution in [0.3, 0.4) is 0 Å². The SMILES string of the molecule is CC(=Cc1ccccc1)CN1CCN(Cc2ccccc2)CC1.O=C(O)C(=O)O. The molecule has 1 fully saturated rings. The maximum atomic E-state index is 9.10. The van der Waals surface area contributed by atoms with Crippen LogP contribution in [0.4, 0.5) is 0 Å². The third kappa shape index (κ3) is 8.72. The molecule has 0 aliphatic carbocycles. The maximum Gasteiger partial charge on any atom is 0.414 e. The van der Waals surface area contributed by atoms with E-state index in [1.165, 1.54) is 16.7 Å². The number of carbonyl (C=O) groups is 2. The molecule has 0 amide bonds. The molecule has 154 valence electrons. The number of carboxylic acids is 2. The van der Waals surface area contributed by atoms with Crippen molar-refractivity contribution >= 4 is 18.0 Å². The number of carboxylic acid groups (broad SMARTS) is 2. The van der Waals surface area contributed by atoms with Crippen molar-refractivity contribution < 1.29 is 19.8 Å².